The minimum Gasteiger partial charge on any atom is -0.406 e. The molecule has 1 N–H and O–H groups in total. The number of carbonyl (C=O) groups is 1. The molecule has 3 aromatic rings. The van der Waals surface area contributed by atoms with Crippen molar-refractivity contribution in [3.63, 3.8) is 0 Å². The van der Waals surface area contributed by atoms with Crippen molar-refractivity contribution in [3.8, 4) is 16.9 Å². The summed E-state index contributed by atoms with van der Waals surface area (Å²) in [6.45, 7) is 7.09. The van der Waals surface area contributed by atoms with Gasteiger partial charge in [-0.15, -0.1) is 13.2 Å². The number of hydrogen-bond donors (Lipinski definition) is 1. The summed E-state index contributed by atoms with van der Waals surface area (Å²) in [5, 5.41) is 3.24. The number of hydrogen-bond acceptors (Lipinski definition) is 5. The number of anilines is 2. The smallest absolute Gasteiger partial charge is 0.406 e. The van der Waals surface area contributed by atoms with Crippen LogP contribution in [0.3, 0.4) is 0 Å². The van der Waals surface area contributed by atoms with Crippen molar-refractivity contribution < 1.29 is 27.4 Å². The van der Waals surface area contributed by atoms with Crippen LogP contribution in [0.25, 0.3) is 11.1 Å². The van der Waals surface area contributed by atoms with Gasteiger partial charge in [0.2, 0.25) is 0 Å². The second kappa shape index (κ2) is 10.4. The van der Waals surface area contributed by atoms with E-state index in [4.69, 9.17) is 16.3 Å². The molecule has 1 saturated heterocycles. The zero-order valence-electron chi connectivity index (χ0n) is 19.9. The highest BCUT2D eigenvalue weighted by Gasteiger charge is 2.31. The van der Waals surface area contributed by atoms with Crippen LogP contribution in [0.1, 0.15) is 29.8 Å². The predicted molar refractivity (Wildman–Crippen MR) is 133 cm³/mol. The molecule has 1 fully saturated rings. The van der Waals surface area contributed by atoms with Crippen LogP contribution in [-0.2, 0) is 4.74 Å². The molecule has 2 atom stereocenters. The second-order valence-electron chi connectivity index (χ2n) is 8.70. The maximum absolute atomic E-state index is 13.1. The first kappa shape index (κ1) is 25.8. The monoisotopic (exact) mass is 519 g/mol. The van der Waals surface area contributed by atoms with E-state index in [9.17, 15) is 18.0 Å². The predicted octanol–water partition coefficient (Wildman–Crippen LogP) is 6.47. The van der Waals surface area contributed by atoms with Crippen molar-refractivity contribution in [3.05, 3.63) is 70.9 Å². The van der Waals surface area contributed by atoms with Crippen molar-refractivity contribution in [2.24, 2.45) is 0 Å². The van der Waals surface area contributed by atoms with E-state index in [1.54, 1.807) is 37.4 Å². The summed E-state index contributed by atoms with van der Waals surface area (Å²) in [6.07, 6.45) is -3.10. The molecule has 2 heterocycles. The number of nitrogens with zero attached hydrogens (tertiary/aromatic N) is 2. The third kappa shape index (κ3) is 6.09. The SMILES string of the molecule is Cc1c(C(=O)Nc2cnc(N3CC(C)OC(C)C3)c(Cl)c2)cccc1-c1ccc(OC(F)(F)F)cc1. The molecule has 0 radical (unpaired) electrons. The van der Waals surface area contributed by atoms with Gasteiger partial charge >= 0.3 is 6.36 Å². The van der Waals surface area contributed by atoms with Gasteiger partial charge in [-0.25, -0.2) is 4.98 Å². The molecule has 4 rings (SSSR count). The molecule has 190 valence electrons. The standard InChI is InChI=1S/C26H25ClF3N3O3/c1-15-13-33(14-16(2)35-15)24-23(27)11-19(12-31-24)32-25(34)22-6-4-5-21(17(22)3)18-7-9-20(10-8-18)36-26(28,29)30/h4-12,15-16H,13-14H2,1-3H3,(H,32,34). The average Bonchev–Trinajstić information content (AvgIpc) is 2.78. The zero-order valence-corrected chi connectivity index (χ0v) is 20.7. The Morgan fingerprint density at radius 3 is 2.42 bits per heavy atom. The van der Waals surface area contributed by atoms with Crippen LogP contribution < -0.4 is 15.0 Å². The van der Waals surface area contributed by atoms with Crippen LogP contribution in [0.5, 0.6) is 5.75 Å². The number of amides is 1. The van der Waals surface area contributed by atoms with E-state index in [1.807, 2.05) is 13.8 Å². The van der Waals surface area contributed by atoms with Crippen LogP contribution in [-0.4, -0.2) is 42.6 Å². The Kier molecular flexibility index (Phi) is 7.42. The summed E-state index contributed by atoms with van der Waals surface area (Å²) < 4.78 is 47.0. The lowest BCUT2D eigenvalue weighted by atomic mass is 9.96. The lowest BCUT2D eigenvalue weighted by Gasteiger charge is -2.36. The van der Waals surface area contributed by atoms with Crippen LogP contribution in [0.15, 0.2) is 54.7 Å². The minimum absolute atomic E-state index is 0.0506. The summed E-state index contributed by atoms with van der Waals surface area (Å²) in [5.74, 6) is -0.0370. The molecule has 1 aromatic heterocycles. The summed E-state index contributed by atoms with van der Waals surface area (Å²) in [7, 11) is 0. The molecule has 2 unspecified atom stereocenters. The van der Waals surface area contributed by atoms with Crippen LogP contribution >= 0.6 is 11.6 Å². The third-order valence-corrected chi connectivity index (χ3v) is 6.05. The first-order valence-electron chi connectivity index (χ1n) is 11.3. The van der Waals surface area contributed by atoms with Gasteiger partial charge in [0.05, 0.1) is 29.1 Å². The highest BCUT2D eigenvalue weighted by atomic mass is 35.5. The van der Waals surface area contributed by atoms with Gasteiger partial charge in [-0.05, 0) is 61.7 Å². The lowest BCUT2D eigenvalue weighted by Crippen LogP contribution is -2.46. The molecule has 2 aromatic carbocycles. The first-order chi connectivity index (χ1) is 17.0. The Morgan fingerprint density at radius 2 is 1.81 bits per heavy atom. The Hall–Kier alpha value is -3.30. The second-order valence-corrected chi connectivity index (χ2v) is 9.10. The van der Waals surface area contributed by atoms with Gasteiger partial charge < -0.3 is 19.7 Å². The lowest BCUT2D eigenvalue weighted by molar-refractivity contribution is -0.274. The van der Waals surface area contributed by atoms with E-state index in [2.05, 4.69) is 19.9 Å². The average molecular weight is 520 g/mol. The number of alkyl halides is 3. The normalized spacial score (nSPS) is 18.1. The Balaban J connectivity index is 1.51. The van der Waals surface area contributed by atoms with Crippen molar-refractivity contribution in [1.29, 1.82) is 0 Å². The summed E-state index contributed by atoms with van der Waals surface area (Å²) in [6, 6.07) is 12.3. The van der Waals surface area contributed by atoms with Gasteiger partial charge in [-0.1, -0.05) is 35.9 Å². The van der Waals surface area contributed by atoms with E-state index in [0.29, 0.717) is 51.9 Å². The fraction of sp³-hybridized carbons (Fsp3) is 0.308. The molecule has 0 saturated carbocycles. The highest BCUT2D eigenvalue weighted by molar-refractivity contribution is 6.33. The van der Waals surface area contributed by atoms with E-state index in [1.165, 1.54) is 24.3 Å². The molecule has 36 heavy (non-hydrogen) atoms. The fourth-order valence-corrected chi connectivity index (χ4v) is 4.60. The summed E-state index contributed by atoms with van der Waals surface area (Å²) in [4.78, 5) is 19.6. The summed E-state index contributed by atoms with van der Waals surface area (Å²) >= 11 is 6.50. The minimum atomic E-state index is -4.76. The van der Waals surface area contributed by atoms with Gasteiger partial charge in [-0.3, -0.25) is 4.79 Å². The van der Waals surface area contributed by atoms with E-state index >= 15 is 0 Å². The van der Waals surface area contributed by atoms with Crippen LogP contribution in [0.4, 0.5) is 24.7 Å². The van der Waals surface area contributed by atoms with Gasteiger partial charge in [0.15, 0.2) is 0 Å². The number of pyridine rings is 1. The largest absolute Gasteiger partial charge is 0.573 e. The molecule has 0 aliphatic carbocycles. The van der Waals surface area contributed by atoms with Crippen molar-refractivity contribution in [2.75, 3.05) is 23.3 Å². The number of rotatable bonds is 5. The van der Waals surface area contributed by atoms with Crippen molar-refractivity contribution in [1.82, 2.24) is 4.98 Å². The summed E-state index contributed by atoms with van der Waals surface area (Å²) in [5.41, 5.74) is 2.90. The number of carbonyl (C=O) groups excluding carboxylic acids is 1. The number of halogens is 4. The molecule has 0 bridgehead atoms. The fourth-order valence-electron chi connectivity index (χ4n) is 4.31. The van der Waals surface area contributed by atoms with Crippen molar-refractivity contribution in [2.45, 2.75) is 39.3 Å². The Labute approximate surface area is 212 Å². The molecule has 1 aliphatic heterocycles. The molecule has 1 aliphatic rings. The first-order valence-corrected chi connectivity index (χ1v) is 11.7. The number of aromatic nitrogens is 1. The topological polar surface area (TPSA) is 63.7 Å². The molecule has 0 spiro atoms. The van der Waals surface area contributed by atoms with Gasteiger partial charge in [0.25, 0.3) is 5.91 Å². The number of morpholine rings is 1. The highest BCUT2D eigenvalue weighted by Crippen LogP contribution is 2.31. The van der Waals surface area contributed by atoms with Crippen LogP contribution in [0, 0.1) is 6.92 Å². The van der Waals surface area contributed by atoms with Gasteiger partial charge in [0, 0.05) is 18.7 Å². The van der Waals surface area contributed by atoms with E-state index < -0.39 is 6.36 Å². The molecular formula is C26H25ClF3N3O3. The Bertz CT molecular complexity index is 1240. The van der Waals surface area contributed by atoms with E-state index in [-0.39, 0.29) is 23.9 Å². The van der Waals surface area contributed by atoms with Crippen molar-refractivity contribution >= 4 is 29.0 Å². The maximum Gasteiger partial charge on any atom is 0.573 e. The number of benzene rings is 2. The molecule has 10 heteroatoms. The molecule has 6 nitrogen and oxygen atoms in total. The molecule has 1 amide bonds. The number of nitrogens with one attached hydrogen (secondary N) is 1. The van der Waals surface area contributed by atoms with E-state index in [0.717, 1.165) is 0 Å². The quantitative estimate of drug-likeness (QED) is 0.418. The molecular weight excluding hydrogens is 495 g/mol. The van der Waals surface area contributed by atoms with Gasteiger partial charge in [0.1, 0.15) is 11.6 Å². The van der Waals surface area contributed by atoms with Gasteiger partial charge in [-0.2, -0.15) is 0 Å². The zero-order chi connectivity index (χ0) is 26.0. The maximum atomic E-state index is 13.1. The Morgan fingerprint density at radius 1 is 1.14 bits per heavy atom. The number of ether oxygens (including phenoxy) is 2. The van der Waals surface area contributed by atoms with Crippen LogP contribution in [0.2, 0.25) is 5.02 Å². The third-order valence-electron chi connectivity index (χ3n) is 5.78.